The normalized spacial score (nSPS) is 12.3. The Morgan fingerprint density at radius 1 is 0.714 bits per heavy atom. The molecular formula is C31H29NO3. The summed E-state index contributed by atoms with van der Waals surface area (Å²) in [5, 5.41) is 3.02. The first kappa shape index (κ1) is 22.7. The topological polar surface area (TPSA) is 47.6 Å². The first-order valence-corrected chi connectivity index (χ1v) is 11.9. The van der Waals surface area contributed by atoms with Crippen LogP contribution in [0.5, 0.6) is 11.5 Å². The summed E-state index contributed by atoms with van der Waals surface area (Å²) < 4.78 is 11.3. The molecule has 4 nitrogen and oxygen atoms in total. The van der Waals surface area contributed by atoms with Crippen LogP contribution in [-0.4, -0.2) is 19.1 Å². The summed E-state index contributed by atoms with van der Waals surface area (Å²) >= 11 is 0. The summed E-state index contributed by atoms with van der Waals surface area (Å²) in [7, 11) is 0. The van der Waals surface area contributed by atoms with E-state index in [0.717, 1.165) is 39.4 Å². The molecule has 5 rings (SSSR count). The maximum atomic E-state index is 12.7. The van der Waals surface area contributed by atoms with Crippen molar-refractivity contribution in [2.24, 2.45) is 0 Å². The molecule has 0 unspecified atom stereocenters. The average molecular weight is 464 g/mol. The molecular weight excluding hydrogens is 434 g/mol. The number of carbonyl (C=O) groups is 1. The highest BCUT2D eigenvalue weighted by Gasteiger charge is 2.13. The van der Waals surface area contributed by atoms with Gasteiger partial charge in [-0.1, -0.05) is 60.2 Å². The predicted octanol–water partition coefficient (Wildman–Crippen LogP) is 6.90. The zero-order chi connectivity index (χ0) is 24.4. The van der Waals surface area contributed by atoms with Crippen molar-refractivity contribution in [3.63, 3.8) is 0 Å². The fourth-order valence-electron chi connectivity index (χ4n) is 4.78. The lowest BCUT2D eigenvalue weighted by atomic mass is 9.94. The molecule has 35 heavy (non-hydrogen) atoms. The minimum Gasteiger partial charge on any atom is -0.486 e. The Hall–Kier alpha value is -4.05. The predicted molar refractivity (Wildman–Crippen MR) is 141 cm³/mol. The summed E-state index contributed by atoms with van der Waals surface area (Å²) in [5.74, 6) is 1.52. The highest BCUT2D eigenvalue weighted by molar-refractivity contribution is 5.92. The number of ether oxygens (including phenoxy) is 2. The van der Waals surface area contributed by atoms with Crippen LogP contribution >= 0.6 is 0 Å². The molecule has 0 saturated heterocycles. The second kappa shape index (κ2) is 9.67. The van der Waals surface area contributed by atoms with Gasteiger partial charge in [0.25, 0.3) is 0 Å². The Morgan fingerprint density at radius 2 is 1.31 bits per heavy atom. The molecule has 0 saturated carbocycles. The van der Waals surface area contributed by atoms with Crippen molar-refractivity contribution in [1.82, 2.24) is 0 Å². The van der Waals surface area contributed by atoms with Gasteiger partial charge in [-0.15, -0.1) is 0 Å². The van der Waals surface area contributed by atoms with Gasteiger partial charge in [0.1, 0.15) is 13.2 Å². The minimum atomic E-state index is -0.0347. The van der Waals surface area contributed by atoms with Crippen molar-refractivity contribution in [3.8, 4) is 33.8 Å². The molecule has 0 bridgehead atoms. The highest BCUT2D eigenvalue weighted by atomic mass is 16.6. The van der Waals surface area contributed by atoms with Crippen molar-refractivity contribution in [3.05, 3.63) is 101 Å². The first-order valence-electron chi connectivity index (χ1n) is 11.9. The van der Waals surface area contributed by atoms with E-state index < -0.39 is 0 Å². The van der Waals surface area contributed by atoms with E-state index in [1.807, 2.05) is 54.6 Å². The zero-order valence-corrected chi connectivity index (χ0v) is 20.4. The zero-order valence-electron chi connectivity index (χ0n) is 20.4. The van der Waals surface area contributed by atoms with Crippen LogP contribution in [0.1, 0.15) is 22.3 Å². The molecule has 0 atom stereocenters. The van der Waals surface area contributed by atoms with Crippen molar-refractivity contribution in [2.45, 2.75) is 27.2 Å². The van der Waals surface area contributed by atoms with E-state index in [1.54, 1.807) is 0 Å². The number of hydrogen-bond donors (Lipinski definition) is 1. The molecule has 1 heterocycles. The van der Waals surface area contributed by atoms with Crippen LogP contribution in [0.25, 0.3) is 22.3 Å². The van der Waals surface area contributed by atoms with Crippen LogP contribution in [0.15, 0.2) is 78.9 Å². The molecule has 4 aromatic carbocycles. The molecule has 4 heteroatoms. The van der Waals surface area contributed by atoms with Crippen LogP contribution in [-0.2, 0) is 11.2 Å². The van der Waals surface area contributed by atoms with E-state index >= 15 is 0 Å². The van der Waals surface area contributed by atoms with E-state index in [4.69, 9.17) is 9.47 Å². The number of carbonyl (C=O) groups excluding carboxylic acids is 1. The maximum Gasteiger partial charge on any atom is 0.228 e. The van der Waals surface area contributed by atoms with Crippen LogP contribution in [0, 0.1) is 20.8 Å². The van der Waals surface area contributed by atoms with E-state index in [-0.39, 0.29) is 5.91 Å². The number of hydrogen-bond acceptors (Lipinski definition) is 3. The van der Waals surface area contributed by atoms with Gasteiger partial charge in [-0.3, -0.25) is 4.79 Å². The lowest BCUT2D eigenvalue weighted by Crippen LogP contribution is -2.15. The molecule has 0 spiro atoms. The van der Waals surface area contributed by atoms with E-state index in [9.17, 15) is 4.79 Å². The van der Waals surface area contributed by atoms with Gasteiger partial charge in [-0.25, -0.2) is 0 Å². The third-order valence-electron chi connectivity index (χ3n) is 6.33. The van der Waals surface area contributed by atoms with E-state index in [2.05, 4.69) is 50.4 Å². The van der Waals surface area contributed by atoms with Crippen molar-refractivity contribution >= 4 is 11.6 Å². The second-order valence-electron chi connectivity index (χ2n) is 9.13. The summed E-state index contributed by atoms with van der Waals surface area (Å²) in [5.41, 5.74) is 10.1. The van der Waals surface area contributed by atoms with Crippen LogP contribution in [0.2, 0.25) is 0 Å². The molecule has 1 aliphatic heterocycles. The molecule has 0 aromatic heterocycles. The second-order valence-corrected chi connectivity index (χ2v) is 9.13. The summed E-state index contributed by atoms with van der Waals surface area (Å²) in [6, 6.07) is 26.5. The fraction of sp³-hybridized carbons (Fsp3) is 0.194. The van der Waals surface area contributed by atoms with Crippen LogP contribution in [0.4, 0.5) is 5.69 Å². The van der Waals surface area contributed by atoms with Gasteiger partial charge in [0, 0.05) is 5.69 Å². The molecule has 1 aliphatic rings. The van der Waals surface area contributed by atoms with Crippen molar-refractivity contribution in [2.75, 3.05) is 18.5 Å². The van der Waals surface area contributed by atoms with Gasteiger partial charge in [-0.05, 0) is 84.0 Å². The maximum absolute atomic E-state index is 12.7. The van der Waals surface area contributed by atoms with E-state index in [1.165, 1.54) is 22.3 Å². The number of benzene rings is 4. The average Bonchev–Trinajstić information content (AvgIpc) is 2.84. The number of anilines is 1. The largest absolute Gasteiger partial charge is 0.486 e. The highest BCUT2D eigenvalue weighted by Crippen LogP contribution is 2.34. The lowest BCUT2D eigenvalue weighted by Gasteiger charge is -2.19. The number of aryl methyl sites for hydroxylation is 3. The minimum absolute atomic E-state index is 0.0347. The lowest BCUT2D eigenvalue weighted by molar-refractivity contribution is -0.115. The third-order valence-corrected chi connectivity index (χ3v) is 6.33. The Balaban J connectivity index is 1.23. The van der Waals surface area contributed by atoms with Crippen LogP contribution < -0.4 is 14.8 Å². The fourth-order valence-corrected chi connectivity index (χ4v) is 4.78. The number of rotatable bonds is 5. The molecule has 4 aromatic rings. The quantitative estimate of drug-likeness (QED) is 0.350. The molecule has 1 N–H and O–H groups in total. The number of nitrogens with one attached hydrogen (secondary N) is 1. The molecule has 0 aliphatic carbocycles. The van der Waals surface area contributed by atoms with Gasteiger partial charge in [0.2, 0.25) is 5.91 Å². The first-order chi connectivity index (χ1) is 17.0. The number of fused-ring (bicyclic) bond motifs is 1. The Bertz CT molecular complexity index is 1350. The monoisotopic (exact) mass is 463 g/mol. The summed E-state index contributed by atoms with van der Waals surface area (Å²) in [6.07, 6.45) is 0.319. The Morgan fingerprint density at radius 3 is 2.00 bits per heavy atom. The van der Waals surface area contributed by atoms with Gasteiger partial charge in [-0.2, -0.15) is 0 Å². The third kappa shape index (κ3) is 5.07. The molecule has 0 radical (unpaired) electrons. The smallest absolute Gasteiger partial charge is 0.228 e. The van der Waals surface area contributed by atoms with Crippen LogP contribution in [0.3, 0.4) is 0 Å². The van der Waals surface area contributed by atoms with Gasteiger partial charge < -0.3 is 14.8 Å². The van der Waals surface area contributed by atoms with Crippen molar-refractivity contribution < 1.29 is 14.3 Å². The molecule has 1 amide bonds. The standard InChI is InChI=1S/C31H29NO3/c1-20-16-21(2)31(22(3)17-20)25-8-11-27(12-9-25)32-30(33)18-23-4-6-24(7-5-23)26-10-13-28-29(19-26)35-15-14-34-28/h4-13,16-17,19H,14-15,18H2,1-3H3,(H,32,33). The Labute approximate surface area is 206 Å². The molecule has 0 fully saturated rings. The van der Waals surface area contributed by atoms with Gasteiger partial charge >= 0.3 is 0 Å². The van der Waals surface area contributed by atoms with E-state index in [0.29, 0.717) is 19.6 Å². The SMILES string of the molecule is Cc1cc(C)c(-c2ccc(NC(=O)Cc3ccc(-c4ccc5c(c4)OCCO5)cc3)cc2)c(C)c1. The summed E-state index contributed by atoms with van der Waals surface area (Å²) in [4.78, 5) is 12.7. The van der Waals surface area contributed by atoms with Crippen molar-refractivity contribution in [1.29, 1.82) is 0 Å². The number of amides is 1. The Kier molecular flexibility index (Phi) is 6.28. The van der Waals surface area contributed by atoms with Gasteiger partial charge in [0.05, 0.1) is 6.42 Å². The summed E-state index contributed by atoms with van der Waals surface area (Å²) in [6.45, 7) is 7.56. The molecule has 176 valence electrons. The van der Waals surface area contributed by atoms with Gasteiger partial charge in [0.15, 0.2) is 11.5 Å².